The number of nitrogens with one attached hydrogen (secondary N) is 1. The molecule has 0 bridgehead atoms. The summed E-state index contributed by atoms with van der Waals surface area (Å²) in [4.78, 5) is 23.8. The monoisotopic (exact) mass is 382 g/mol. The number of benzene rings is 1. The minimum atomic E-state index is -3.57. The third-order valence-electron chi connectivity index (χ3n) is 4.71. The minimum absolute atomic E-state index is 0.224. The highest BCUT2D eigenvalue weighted by molar-refractivity contribution is 7.89. The van der Waals surface area contributed by atoms with Gasteiger partial charge in [0.05, 0.1) is 4.90 Å². The summed E-state index contributed by atoms with van der Waals surface area (Å²) in [5, 5.41) is 11.8. The highest BCUT2D eigenvalue weighted by Crippen LogP contribution is 2.24. The van der Waals surface area contributed by atoms with E-state index in [1.165, 1.54) is 4.31 Å². The van der Waals surface area contributed by atoms with Gasteiger partial charge in [-0.1, -0.05) is 31.5 Å². The van der Waals surface area contributed by atoms with Crippen molar-refractivity contribution < 1.29 is 23.1 Å². The molecule has 1 aliphatic rings. The summed E-state index contributed by atoms with van der Waals surface area (Å²) in [6.07, 6.45) is 0.753. The van der Waals surface area contributed by atoms with Gasteiger partial charge in [0.2, 0.25) is 15.9 Å². The number of aliphatic carboxylic acids is 1. The zero-order valence-electron chi connectivity index (χ0n) is 15.3. The second-order valence-corrected chi connectivity index (χ2v) is 9.00. The third kappa shape index (κ3) is 4.62. The molecular weight excluding hydrogens is 356 g/mol. The van der Waals surface area contributed by atoms with Crippen molar-refractivity contribution >= 4 is 21.9 Å². The van der Waals surface area contributed by atoms with Crippen LogP contribution < -0.4 is 5.32 Å². The van der Waals surface area contributed by atoms with Crippen LogP contribution in [-0.4, -0.2) is 48.8 Å². The van der Waals surface area contributed by atoms with E-state index in [1.807, 2.05) is 6.92 Å². The molecule has 1 aromatic rings. The molecule has 0 aromatic heterocycles. The quantitative estimate of drug-likeness (QED) is 0.778. The van der Waals surface area contributed by atoms with E-state index in [2.05, 4.69) is 5.32 Å². The Morgan fingerprint density at radius 3 is 2.15 bits per heavy atom. The molecule has 1 amide bonds. The Morgan fingerprint density at radius 2 is 1.69 bits per heavy atom. The van der Waals surface area contributed by atoms with Gasteiger partial charge < -0.3 is 10.4 Å². The Balaban J connectivity index is 1.99. The first-order valence-electron chi connectivity index (χ1n) is 8.73. The number of piperidine rings is 1. The topological polar surface area (TPSA) is 104 Å². The van der Waals surface area contributed by atoms with Gasteiger partial charge in [-0.05, 0) is 37.8 Å². The van der Waals surface area contributed by atoms with Gasteiger partial charge in [-0.15, -0.1) is 0 Å². The summed E-state index contributed by atoms with van der Waals surface area (Å²) in [6, 6.07) is 5.75. The number of aryl methyl sites for hydroxylation is 1. The van der Waals surface area contributed by atoms with Crippen LogP contribution in [0, 0.1) is 18.8 Å². The van der Waals surface area contributed by atoms with E-state index in [-0.39, 0.29) is 35.7 Å². The van der Waals surface area contributed by atoms with Crippen LogP contribution in [0.2, 0.25) is 0 Å². The molecule has 1 atom stereocenters. The van der Waals surface area contributed by atoms with Crippen molar-refractivity contribution in [2.75, 3.05) is 13.1 Å². The highest BCUT2D eigenvalue weighted by atomic mass is 32.2. The van der Waals surface area contributed by atoms with Crippen LogP contribution in [0.1, 0.15) is 32.3 Å². The van der Waals surface area contributed by atoms with Crippen molar-refractivity contribution in [3.05, 3.63) is 29.8 Å². The average Bonchev–Trinajstić information content (AvgIpc) is 2.59. The fourth-order valence-electron chi connectivity index (χ4n) is 3.00. The number of carbonyl (C=O) groups is 2. The number of nitrogens with zero attached hydrogens (tertiary/aromatic N) is 1. The largest absolute Gasteiger partial charge is 0.480 e. The number of rotatable bonds is 6. The number of carbonyl (C=O) groups excluding carboxylic acids is 1. The lowest BCUT2D eigenvalue weighted by atomic mass is 9.95. The molecule has 2 N–H and O–H groups in total. The molecule has 7 nitrogen and oxygen atoms in total. The highest BCUT2D eigenvalue weighted by Gasteiger charge is 2.34. The normalized spacial score (nSPS) is 17.8. The molecule has 1 heterocycles. The van der Waals surface area contributed by atoms with Crippen molar-refractivity contribution in [2.45, 2.75) is 44.6 Å². The van der Waals surface area contributed by atoms with Crippen molar-refractivity contribution in [1.29, 1.82) is 0 Å². The van der Waals surface area contributed by atoms with Gasteiger partial charge in [0.25, 0.3) is 0 Å². The molecular formula is C18H26N2O5S. The Labute approximate surface area is 154 Å². The molecule has 0 spiro atoms. The van der Waals surface area contributed by atoms with E-state index in [9.17, 15) is 23.1 Å². The smallest absolute Gasteiger partial charge is 0.326 e. The molecule has 8 heteroatoms. The number of hydrogen-bond donors (Lipinski definition) is 2. The summed E-state index contributed by atoms with van der Waals surface area (Å²) in [5.41, 5.74) is 0.984. The van der Waals surface area contributed by atoms with Crippen LogP contribution >= 0.6 is 0 Å². The van der Waals surface area contributed by atoms with Crippen molar-refractivity contribution in [3.8, 4) is 0 Å². The summed E-state index contributed by atoms with van der Waals surface area (Å²) in [7, 11) is -3.57. The van der Waals surface area contributed by atoms with Crippen molar-refractivity contribution in [1.82, 2.24) is 9.62 Å². The molecule has 0 saturated carbocycles. The fraction of sp³-hybridized carbons (Fsp3) is 0.556. The second-order valence-electron chi connectivity index (χ2n) is 7.06. The second kappa shape index (κ2) is 8.18. The van der Waals surface area contributed by atoms with Gasteiger partial charge in [-0.3, -0.25) is 4.79 Å². The zero-order chi connectivity index (χ0) is 19.5. The predicted octanol–water partition coefficient (Wildman–Crippen LogP) is 1.62. The number of hydrogen-bond acceptors (Lipinski definition) is 4. The maximum absolute atomic E-state index is 12.7. The molecule has 144 valence electrons. The third-order valence-corrected chi connectivity index (χ3v) is 6.63. The SMILES string of the molecule is Cc1ccc(S(=O)(=O)N2CCC(C(=O)N[C@@H](C(=O)O)C(C)C)CC2)cc1. The van der Waals surface area contributed by atoms with Crippen molar-refractivity contribution in [3.63, 3.8) is 0 Å². The van der Waals surface area contributed by atoms with E-state index in [0.29, 0.717) is 12.8 Å². The summed E-state index contributed by atoms with van der Waals surface area (Å²) in [5.74, 6) is -1.98. The summed E-state index contributed by atoms with van der Waals surface area (Å²) in [6.45, 7) is 5.84. The van der Waals surface area contributed by atoms with Crippen molar-refractivity contribution in [2.24, 2.45) is 11.8 Å². The lowest BCUT2D eigenvalue weighted by Crippen LogP contribution is -2.49. The maximum atomic E-state index is 12.7. The van der Waals surface area contributed by atoms with E-state index >= 15 is 0 Å². The van der Waals surface area contributed by atoms with Gasteiger partial charge in [-0.2, -0.15) is 4.31 Å². The molecule has 1 aliphatic heterocycles. The molecule has 0 unspecified atom stereocenters. The molecule has 1 fully saturated rings. The van der Waals surface area contributed by atoms with Gasteiger partial charge in [-0.25, -0.2) is 13.2 Å². The van der Waals surface area contributed by atoms with Crippen LogP contribution in [0.15, 0.2) is 29.2 Å². The molecule has 0 aliphatic carbocycles. The van der Waals surface area contributed by atoms with E-state index in [4.69, 9.17) is 0 Å². The molecule has 0 radical (unpaired) electrons. The van der Waals surface area contributed by atoms with Gasteiger partial charge in [0.15, 0.2) is 0 Å². The molecule has 1 aromatic carbocycles. The number of sulfonamides is 1. The van der Waals surface area contributed by atoms with Crippen LogP contribution in [-0.2, 0) is 19.6 Å². The summed E-state index contributed by atoms with van der Waals surface area (Å²) < 4.78 is 26.7. The molecule has 2 rings (SSSR count). The van der Waals surface area contributed by atoms with Crippen LogP contribution in [0.3, 0.4) is 0 Å². The Bertz CT molecular complexity index is 750. The number of carboxylic acids is 1. The average molecular weight is 382 g/mol. The Morgan fingerprint density at radius 1 is 1.15 bits per heavy atom. The van der Waals surface area contributed by atoms with E-state index in [1.54, 1.807) is 38.1 Å². The fourth-order valence-corrected chi connectivity index (χ4v) is 4.47. The first-order chi connectivity index (χ1) is 12.1. The standard InChI is InChI=1S/C18H26N2O5S/c1-12(2)16(18(22)23)19-17(21)14-8-10-20(11-9-14)26(24,25)15-6-4-13(3)5-7-15/h4-7,12,14,16H,8-11H2,1-3H3,(H,19,21)(H,22,23)/t16-/m1/s1. The maximum Gasteiger partial charge on any atom is 0.326 e. The molecule has 1 saturated heterocycles. The Kier molecular flexibility index (Phi) is 6.41. The van der Waals surface area contributed by atoms with Crippen LogP contribution in [0.25, 0.3) is 0 Å². The first kappa shape index (κ1) is 20.4. The lowest BCUT2D eigenvalue weighted by Gasteiger charge is -2.31. The number of amides is 1. The predicted molar refractivity (Wildman–Crippen MR) is 97.1 cm³/mol. The first-order valence-corrected chi connectivity index (χ1v) is 10.2. The van der Waals surface area contributed by atoms with Crippen LogP contribution in [0.4, 0.5) is 0 Å². The van der Waals surface area contributed by atoms with Gasteiger partial charge in [0, 0.05) is 19.0 Å². The van der Waals surface area contributed by atoms with E-state index in [0.717, 1.165) is 5.56 Å². The molecule has 26 heavy (non-hydrogen) atoms. The van der Waals surface area contributed by atoms with Gasteiger partial charge >= 0.3 is 5.97 Å². The zero-order valence-corrected chi connectivity index (χ0v) is 16.1. The number of carboxylic acid groups (broad SMARTS) is 1. The Hall–Kier alpha value is -1.93. The summed E-state index contributed by atoms with van der Waals surface area (Å²) >= 11 is 0. The van der Waals surface area contributed by atoms with Gasteiger partial charge in [0.1, 0.15) is 6.04 Å². The lowest BCUT2D eigenvalue weighted by molar-refractivity contribution is -0.144. The van der Waals surface area contributed by atoms with E-state index < -0.39 is 22.0 Å². The van der Waals surface area contributed by atoms with Crippen LogP contribution in [0.5, 0.6) is 0 Å². The minimum Gasteiger partial charge on any atom is -0.480 e.